The molecular formula is C11H18N6O4. The summed E-state index contributed by atoms with van der Waals surface area (Å²) in [7, 11) is 0. The maximum Gasteiger partial charge on any atom is 0.353 e. The molecule has 10 nitrogen and oxygen atoms in total. The summed E-state index contributed by atoms with van der Waals surface area (Å²) in [5.41, 5.74) is 5.25. The molecule has 1 atom stereocenters. The molecular weight excluding hydrogens is 280 g/mol. The first kappa shape index (κ1) is 15.2. The van der Waals surface area contributed by atoms with Gasteiger partial charge < -0.3 is 26.2 Å². The second kappa shape index (κ2) is 6.99. The molecule has 0 aliphatic carbocycles. The molecule has 2 heterocycles. The van der Waals surface area contributed by atoms with E-state index in [4.69, 9.17) is 15.6 Å². The van der Waals surface area contributed by atoms with Crippen LogP contribution in [0, 0.1) is 10.1 Å². The van der Waals surface area contributed by atoms with Crippen LogP contribution in [-0.4, -0.2) is 52.4 Å². The lowest BCUT2D eigenvalue weighted by molar-refractivity contribution is -0.383. The van der Waals surface area contributed by atoms with Gasteiger partial charge in [-0.25, -0.2) is 0 Å². The molecule has 1 aliphatic rings. The normalized spacial score (nSPS) is 17.7. The Kier molecular flexibility index (Phi) is 5.06. The van der Waals surface area contributed by atoms with E-state index in [1.54, 1.807) is 0 Å². The van der Waals surface area contributed by atoms with Crippen molar-refractivity contribution in [1.29, 1.82) is 0 Å². The first-order valence-electron chi connectivity index (χ1n) is 6.64. The molecule has 1 fully saturated rings. The number of aromatic nitrogens is 2. The Hall–Kier alpha value is -2.20. The molecule has 0 bridgehead atoms. The fourth-order valence-electron chi connectivity index (χ4n) is 2.04. The van der Waals surface area contributed by atoms with E-state index in [-0.39, 0.29) is 42.5 Å². The maximum atomic E-state index is 11.1. The van der Waals surface area contributed by atoms with Crippen molar-refractivity contribution >= 4 is 23.3 Å². The molecule has 116 valence electrons. The second-order valence-corrected chi connectivity index (χ2v) is 4.55. The van der Waals surface area contributed by atoms with Gasteiger partial charge in [0.05, 0.1) is 17.6 Å². The van der Waals surface area contributed by atoms with Gasteiger partial charge in [-0.2, -0.15) is 9.97 Å². The SMILES string of the molecule is Nc1nc(NCCO)nc(NCC2CCCO2)c1[N+](=O)[O-]. The number of hydrogen-bond acceptors (Lipinski definition) is 9. The van der Waals surface area contributed by atoms with Crippen molar-refractivity contribution in [2.75, 3.05) is 42.7 Å². The van der Waals surface area contributed by atoms with Crippen LogP contribution in [0.3, 0.4) is 0 Å². The zero-order chi connectivity index (χ0) is 15.2. The topological polar surface area (TPSA) is 148 Å². The number of aliphatic hydroxyl groups excluding tert-OH is 1. The molecule has 1 aromatic rings. The van der Waals surface area contributed by atoms with Crippen LogP contribution >= 0.6 is 0 Å². The quantitative estimate of drug-likeness (QED) is 0.402. The number of hydrogen-bond donors (Lipinski definition) is 4. The first-order chi connectivity index (χ1) is 10.1. The average Bonchev–Trinajstić information content (AvgIpc) is 2.95. The van der Waals surface area contributed by atoms with E-state index in [9.17, 15) is 10.1 Å². The predicted molar refractivity (Wildman–Crippen MR) is 76.1 cm³/mol. The monoisotopic (exact) mass is 298 g/mol. The van der Waals surface area contributed by atoms with Crippen LogP contribution in [0.25, 0.3) is 0 Å². The molecule has 21 heavy (non-hydrogen) atoms. The van der Waals surface area contributed by atoms with Crippen LogP contribution in [0.2, 0.25) is 0 Å². The number of anilines is 3. The number of nitrogens with zero attached hydrogens (tertiary/aromatic N) is 3. The molecule has 1 aliphatic heterocycles. The molecule has 10 heteroatoms. The van der Waals surface area contributed by atoms with Crippen molar-refractivity contribution in [3.05, 3.63) is 10.1 Å². The smallest absolute Gasteiger partial charge is 0.353 e. The summed E-state index contributed by atoms with van der Waals surface area (Å²) in [4.78, 5) is 18.3. The average molecular weight is 298 g/mol. The highest BCUT2D eigenvalue weighted by atomic mass is 16.6. The fourth-order valence-corrected chi connectivity index (χ4v) is 2.04. The lowest BCUT2D eigenvalue weighted by Crippen LogP contribution is -2.21. The largest absolute Gasteiger partial charge is 0.395 e. The minimum Gasteiger partial charge on any atom is -0.395 e. The maximum absolute atomic E-state index is 11.1. The van der Waals surface area contributed by atoms with Crippen LogP contribution in [0.15, 0.2) is 0 Å². The Morgan fingerprint density at radius 1 is 1.48 bits per heavy atom. The highest BCUT2D eigenvalue weighted by Crippen LogP contribution is 2.29. The third-order valence-corrected chi connectivity index (χ3v) is 3.01. The summed E-state index contributed by atoms with van der Waals surface area (Å²) in [6.07, 6.45) is 1.88. The van der Waals surface area contributed by atoms with Gasteiger partial charge in [0.25, 0.3) is 0 Å². The van der Waals surface area contributed by atoms with Gasteiger partial charge in [0.2, 0.25) is 17.6 Å². The zero-order valence-corrected chi connectivity index (χ0v) is 11.4. The summed E-state index contributed by atoms with van der Waals surface area (Å²) in [5.74, 6) is -0.0595. The lowest BCUT2D eigenvalue weighted by atomic mass is 10.2. The van der Waals surface area contributed by atoms with Crippen LogP contribution in [0.5, 0.6) is 0 Å². The first-order valence-corrected chi connectivity index (χ1v) is 6.64. The highest BCUT2D eigenvalue weighted by Gasteiger charge is 2.24. The van der Waals surface area contributed by atoms with Crippen molar-refractivity contribution in [2.24, 2.45) is 0 Å². The molecule has 1 saturated heterocycles. The molecule has 5 N–H and O–H groups in total. The summed E-state index contributed by atoms with van der Waals surface area (Å²) < 4.78 is 5.44. The molecule has 0 saturated carbocycles. The van der Waals surface area contributed by atoms with Crippen molar-refractivity contribution in [3.63, 3.8) is 0 Å². The highest BCUT2D eigenvalue weighted by molar-refractivity contribution is 5.69. The fraction of sp³-hybridized carbons (Fsp3) is 0.636. The second-order valence-electron chi connectivity index (χ2n) is 4.55. The summed E-state index contributed by atoms with van der Waals surface area (Å²) in [6, 6.07) is 0. The van der Waals surface area contributed by atoms with Crippen molar-refractivity contribution in [2.45, 2.75) is 18.9 Å². The van der Waals surface area contributed by atoms with Crippen LogP contribution < -0.4 is 16.4 Å². The third kappa shape index (κ3) is 3.89. The summed E-state index contributed by atoms with van der Waals surface area (Å²) in [6.45, 7) is 1.22. The summed E-state index contributed by atoms with van der Waals surface area (Å²) >= 11 is 0. The van der Waals surface area contributed by atoms with Crippen molar-refractivity contribution in [3.8, 4) is 0 Å². The van der Waals surface area contributed by atoms with E-state index in [0.29, 0.717) is 13.2 Å². The third-order valence-electron chi connectivity index (χ3n) is 3.01. The van der Waals surface area contributed by atoms with Gasteiger partial charge in [-0.1, -0.05) is 0 Å². The van der Waals surface area contributed by atoms with Gasteiger partial charge in [0, 0.05) is 19.7 Å². The molecule has 0 aromatic carbocycles. The standard InChI is InChI=1S/C11H18N6O4/c12-9-8(17(19)20)10(14-6-7-2-1-5-21-7)16-11(15-9)13-3-4-18/h7,18H,1-6H2,(H4,12,13,14,15,16). The van der Waals surface area contributed by atoms with Gasteiger partial charge in [-0.15, -0.1) is 0 Å². The number of nitrogen functional groups attached to an aromatic ring is 1. The number of rotatable bonds is 7. The van der Waals surface area contributed by atoms with Gasteiger partial charge in [0.15, 0.2) is 0 Å². The molecule has 0 spiro atoms. The Morgan fingerprint density at radius 2 is 2.29 bits per heavy atom. The van der Waals surface area contributed by atoms with Crippen LogP contribution in [0.1, 0.15) is 12.8 Å². The lowest BCUT2D eigenvalue weighted by Gasteiger charge is -2.13. The Labute approximate surface area is 120 Å². The van der Waals surface area contributed by atoms with E-state index in [2.05, 4.69) is 20.6 Å². The number of nitrogens with two attached hydrogens (primary N) is 1. The Morgan fingerprint density at radius 3 is 2.90 bits per heavy atom. The minimum absolute atomic E-state index is 0.00893. The Bertz CT molecular complexity index is 506. The predicted octanol–water partition coefficient (Wildman–Crippen LogP) is -0.0379. The van der Waals surface area contributed by atoms with Crippen LogP contribution in [-0.2, 0) is 4.74 Å². The van der Waals surface area contributed by atoms with E-state index in [1.165, 1.54) is 0 Å². The van der Waals surface area contributed by atoms with Crippen molar-refractivity contribution in [1.82, 2.24) is 9.97 Å². The number of ether oxygens (including phenoxy) is 1. The number of nitrogens with one attached hydrogen (secondary N) is 2. The number of aliphatic hydroxyl groups is 1. The van der Waals surface area contributed by atoms with Crippen molar-refractivity contribution < 1.29 is 14.8 Å². The molecule has 1 aromatic heterocycles. The van der Waals surface area contributed by atoms with E-state index < -0.39 is 4.92 Å². The zero-order valence-electron chi connectivity index (χ0n) is 11.4. The van der Waals surface area contributed by atoms with Gasteiger partial charge >= 0.3 is 5.69 Å². The van der Waals surface area contributed by atoms with E-state index in [1.807, 2.05) is 0 Å². The molecule has 0 radical (unpaired) electrons. The molecule has 0 amide bonds. The molecule has 1 unspecified atom stereocenters. The van der Waals surface area contributed by atoms with Gasteiger partial charge in [-0.05, 0) is 12.8 Å². The van der Waals surface area contributed by atoms with Gasteiger partial charge in [-0.3, -0.25) is 10.1 Å². The van der Waals surface area contributed by atoms with E-state index in [0.717, 1.165) is 12.8 Å². The van der Waals surface area contributed by atoms with Gasteiger partial charge in [0.1, 0.15) is 0 Å². The Balaban J connectivity index is 2.17. The summed E-state index contributed by atoms with van der Waals surface area (Å²) in [5, 5.41) is 25.5. The number of nitro groups is 1. The molecule has 2 rings (SSSR count). The minimum atomic E-state index is -0.622. The van der Waals surface area contributed by atoms with Crippen LogP contribution in [0.4, 0.5) is 23.3 Å². The van der Waals surface area contributed by atoms with E-state index >= 15 is 0 Å².